The topological polar surface area (TPSA) is 88.6 Å². The third-order valence-corrected chi connectivity index (χ3v) is 5.45. The van der Waals surface area contributed by atoms with E-state index < -0.39 is 0 Å². The van der Waals surface area contributed by atoms with Crippen LogP contribution in [0, 0.1) is 6.92 Å². The summed E-state index contributed by atoms with van der Waals surface area (Å²) in [5.74, 6) is 2.36. The monoisotopic (exact) mass is 381 g/mol. The minimum atomic E-state index is -0.0252. The fraction of sp³-hybridized carbons (Fsp3) is 0.450. The number of nitrogens with one attached hydrogen (secondary N) is 2. The van der Waals surface area contributed by atoms with Gasteiger partial charge in [-0.15, -0.1) is 0 Å². The van der Waals surface area contributed by atoms with E-state index >= 15 is 0 Å². The number of rotatable bonds is 3. The molecule has 0 bridgehead atoms. The number of fused-ring (bicyclic) bond motifs is 2. The number of aromatic nitrogens is 2. The van der Waals surface area contributed by atoms with Crippen molar-refractivity contribution in [3.63, 3.8) is 0 Å². The highest BCUT2D eigenvalue weighted by molar-refractivity contribution is 5.98. The summed E-state index contributed by atoms with van der Waals surface area (Å²) in [6, 6.07) is 3.92. The van der Waals surface area contributed by atoms with Gasteiger partial charge in [-0.25, -0.2) is 9.97 Å². The van der Waals surface area contributed by atoms with Gasteiger partial charge in [0.25, 0.3) is 5.91 Å². The number of pyridine rings is 2. The van der Waals surface area contributed by atoms with Crippen LogP contribution in [0.4, 0.5) is 11.5 Å². The normalized spacial score (nSPS) is 18.6. The van der Waals surface area contributed by atoms with Crippen molar-refractivity contribution in [3.8, 4) is 11.6 Å². The zero-order chi connectivity index (χ0) is 19.1. The van der Waals surface area contributed by atoms with Crippen LogP contribution in [0.3, 0.4) is 0 Å². The summed E-state index contributed by atoms with van der Waals surface area (Å²) < 4.78 is 11.7. The van der Waals surface area contributed by atoms with Gasteiger partial charge in [-0.2, -0.15) is 0 Å². The second-order valence-corrected chi connectivity index (χ2v) is 7.41. The summed E-state index contributed by atoms with van der Waals surface area (Å²) in [4.78, 5) is 23.2. The number of amides is 1. The molecule has 2 N–H and O–H groups in total. The van der Waals surface area contributed by atoms with E-state index in [9.17, 15) is 4.79 Å². The third kappa shape index (κ3) is 3.08. The van der Waals surface area contributed by atoms with Crippen LogP contribution in [-0.4, -0.2) is 48.2 Å². The average Bonchev–Trinajstić information content (AvgIpc) is 3.08. The Morgan fingerprint density at radius 2 is 2.11 bits per heavy atom. The molecule has 5 rings (SSSR count). The van der Waals surface area contributed by atoms with Gasteiger partial charge in [-0.3, -0.25) is 4.79 Å². The maximum atomic E-state index is 11.8. The van der Waals surface area contributed by atoms with Crippen LogP contribution in [-0.2, 0) is 6.54 Å². The molecule has 5 heterocycles. The second kappa shape index (κ2) is 6.85. The van der Waals surface area contributed by atoms with Crippen LogP contribution in [0.15, 0.2) is 18.3 Å². The van der Waals surface area contributed by atoms with Gasteiger partial charge in [0, 0.05) is 38.5 Å². The fourth-order valence-corrected chi connectivity index (χ4v) is 4.00. The van der Waals surface area contributed by atoms with E-state index in [0.717, 1.165) is 61.0 Å². The first-order valence-corrected chi connectivity index (χ1v) is 9.74. The number of hydrogen-bond acceptors (Lipinski definition) is 7. The van der Waals surface area contributed by atoms with Crippen molar-refractivity contribution in [1.82, 2.24) is 15.3 Å². The van der Waals surface area contributed by atoms with Crippen LogP contribution in [0.5, 0.6) is 11.6 Å². The maximum Gasteiger partial charge on any atom is 0.253 e. The van der Waals surface area contributed by atoms with E-state index in [4.69, 9.17) is 14.5 Å². The van der Waals surface area contributed by atoms with Crippen LogP contribution in [0.25, 0.3) is 0 Å². The molecule has 0 radical (unpaired) electrons. The Morgan fingerprint density at radius 1 is 1.25 bits per heavy atom. The summed E-state index contributed by atoms with van der Waals surface area (Å²) in [5.41, 5.74) is 3.48. The lowest BCUT2D eigenvalue weighted by Gasteiger charge is -2.34. The molecule has 0 saturated carbocycles. The molecule has 1 saturated heterocycles. The molecule has 28 heavy (non-hydrogen) atoms. The molecular weight excluding hydrogens is 358 g/mol. The Morgan fingerprint density at radius 3 is 2.96 bits per heavy atom. The molecule has 1 amide bonds. The average molecular weight is 381 g/mol. The zero-order valence-corrected chi connectivity index (χ0v) is 15.8. The number of piperidine rings is 1. The Kier molecular flexibility index (Phi) is 4.18. The van der Waals surface area contributed by atoms with Crippen molar-refractivity contribution < 1.29 is 14.3 Å². The van der Waals surface area contributed by atoms with Gasteiger partial charge in [-0.05, 0) is 18.6 Å². The molecule has 0 aromatic carbocycles. The number of carbonyl (C=O) groups is 1. The lowest BCUT2D eigenvalue weighted by atomic mass is 10.1. The van der Waals surface area contributed by atoms with E-state index in [0.29, 0.717) is 24.6 Å². The van der Waals surface area contributed by atoms with Gasteiger partial charge in [-0.1, -0.05) is 0 Å². The third-order valence-electron chi connectivity index (χ3n) is 5.45. The second-order valence-electron chi connectivity index (χ2n) is 7.41. The quantitative estimate of drug-likeness (QED) is 0.839. The highest BCUT2D eigenvalue weighted by Crippen LogP contribution is 2.31. The lowest BCUT2D eigenvalue weighted by molar-refractivity contribution is 0.0965. The number of ether oxygens (including phenoxy) is 2. The molecule has 0 aliphatic carbocycles. The van der Waals surface area contributed by atoms with Crippen molar-refractivity contribution in [3.05, 3.63) is 35.2 Å². The molecule has 0 atom stereocenters. The molecule has 3 aliphatic rings. The van der Waals surface area contributed by atoms with Crippen molar-refractivity contribution in [2.24, 2.45) is 0 Å². The summed E-state index contributed by atoms with van der Waals surface area (Å²) in [6.07, 6.45) is 3.71. The molecule has 0 spiro atoms. The van der Waals surface area contributed by atoms with Crippen LogP contribution in [0.1, 0.15) is 34.5 Å². The Balaban J connectivity index is 1.24. The first kappa shape index (κ1) is 17.1. The molecule has 2 aromatic heterocycles. The molecule has 8 nitrogen and oxygen atoms in total. The molecule has 1 fully saturated rings. The predicted molar refractivity (Wildman–Crippen MR) is 104 cm³/mol. The standard InChI is InChI=1S/C20H23N5O3/c1-12-8-15-17(11-22-19(15)26)24-18(12)25-5-2-13(3-6-25)28-14-9-16-20(23-10-14)27-7-4-21-16/h8-10,13,21H,2-7,11H2,1H3,(H,22,26). The van der Waals surface area contributed by atoms with Crippen molar-refractivity contribution in [1.29, 1.82) is 0 Å². The Bertz CT molecular complexity index is 924. The number of nitrogens with zero attached hydrogens (tertiary/aromatic N) is 3. The first-order valence-electron chi connectivity index (χ1n) is 9.74. The number of aryl methyl sites for hydroxylation is 1. The predicted octanol–water partition coefficient (Wildman–Crippen LogP) is 1.88. The zero-order valence-electron chi connectivity index (χ0n) is 15.8. The minimum Gasteiger partial charge on any atom is -0.489 e. The van der Waals surface area contributed by atoms with Crippen LogP contribution < -0.4 is 25.0 Å². The van der Waals surface area contributed by atoms with Gasteiger partial charge < -0.3 is 25.0 Å². The molecule has 146 valence electrons. The van der Waals surface area contributed by atoms with E-state index in [1.807, 2.05) is 19.1 Å². The summed E-state index contributed by atoms with van der Waals surface area (Å²) >= 11 is 0. The van der Waals surface area contributed by atoms with Crippen molar-refractivity contribution in [2.75, 3.05) is 36.5 Å². The molecule has 0 unspecified atom stereocenters. The molecule has 8 heteroatoms. The van der Waals surface area contributed by atoms with Crippen LogP contribution in [0.2, 0.25) is 0 Å². The number of carbonyl (C=O) groups excluding carboxylic acids is 1. The Labute approximate surface area is 163 Å². The van der Waals surface area contributed by atoms with Crippen molar-refractivity contribution in [2.45, 2.75) is 32.4 Å². The number of anilines is 2. The first-order chi connectivity index (χ1) is 13.7. The molecular formula is C20H23N5O3. The van der Waals surface area contributed by atoms with Gasteiger partial charge in [0.05, 0.1) is 24.0 Å². The highest BCUT2D eigenvalue weighted by Gasteiger charge is 2.27. The van der Waals surface area contributed by atoms with E-state index in [1.165, 1.54) is 0 Å². The number of hydrogen-bond donors (Lipinski definition) is 2. The Hall–Kier alpha value is -3.03. The van der Waals surface area contributed by atoms with Gasteiger partial charge in [0.1, 0.15) is 30.0 Å². The van der Waals surface area contributed by atoms with Gasteiger partial charge in [0.15, 0.2) is 0 Å². The van der Waals surface area contributed by atoms with Gasteiger partial charge in [0.2, 0.25) is 5.88 Å². The van der Waals surface area contributed by atoms with E-state index in [-0.39, 0.29) is 12.0 Å². The molecule has 3 aliphatic heterocycles. The SMILES string of the molecule is Cc1cc2c(nc1N1CCC(Oc3cnc4c(c3)NCCO4)CC1)CNC2=O. The van der Waals surface area contributed by atoms with Crippen LogP contribution >= 0.6 is 0 Å². The maximum absolute atomic E-state index is 11.8. The fourth-order valence-electron chi connectivity index (χ4n) is 4.00. The highest BCUT2D eigenvalue weighted by atomic mass is 16.5. The van der Waals surface area contributed by atoms with Gasteiger partial charge >= 0.3 is 0 Å². The smallest absolute Gasteiger partial charge is 0.253 e. The summed E-state index contributed by atoms with van der Waals surface area (Å²) in [6.45, 7) is 5.70. The van der Waals surface area contributed by atoms with E-state index in [2.05, 4.69) is 20.5 Å². The molecule has 2 aromatic rings. The minimum absolute atomic E-state index is 0.0252. The summed E-state index contributed by atoms with van der Waals surface area (Å²) in [5, 5.41) is 6.12. The summed E-state index contributed by atoms with van der Waals surface area (Å²) in [7, 11) is 0. The lowest BCUT2D eigenvalue weighted by Crippen LogP contribution is -2.39. The largest absolute Gasteiger partial charge is 0.489 e. The van der Waals surface area contributed by atoms with Crippen molar-refractivity contribution >= 4 is 17.4 Å². The van der Waals surface area contributed by atoms with E-state index in [1.54, 1.807) is 6.20 Å².